The van der Waals surface area contributed by atoms with Crippen LogP contribution in [0.25, 0.3) is 0 Å². The Hall–Kier alpha value is -0.626. The number of carbonyl (C=O) groups excluding carboxylic acids is 2. The molecule has 0 amide bonds. The first-order chi connectivity index (χ1) is 9.10. The molecule has 108 valence electrons. The van der Waals surface area contributed by atoms with Crippen LogP contribution in [0, 0.1) is 11.8 Å². The van der Waals surface area contributed by atoms with Crippen LogP contribution in [0.5, 0.6) is 0 Å². The van der Waals surface area contributed by atoms with Crippen LogP contribution in [0.3, 0.4) is 0 Å². The lowest BCUT2D eigenvalue weighted by Crippen LogP contribution is -2.22. The first kappa shape index (κ1) is 18.4. The fourth-order valence-corrected chi connectivity index (χ4v) is 3.09. The van der Waals surface area contributed by atoms with Crippen LogP contribution in [-0.4, -0.2) is 31.5 Å². The highest BCUT2D eigenvalue weighted by Gasteiger charge is 2.18. The Kier molecular flexibility index (Phi) is 10.9. The van der Waals surface area contributed by atoms with Crippen molar-refractivity contribution in [2.45, 2.75) is 59.0 Å². The quantitative estimate of drug-likeness (QED) is 0.459. The molecule has 4 nitrogen and oxygen atoms in total. The lowest BCUT2D eigenvalue weighted by Gasteiger charge is -2.12. The molecule has 0 aromatic carbocycles. The molecule has 0 spiro atoms. The van der Waals surface area contributed by atoms with Gasteiger partial charge in [-0.1, -0.05) is 27.7 Å². The SMILES string of the molecule is CCC(CC)C(=O)O[Si]C[Si]OC(=O)C(CC)CC. The van der Waals surface area contributed by atoms with E-state index in [1.165, 1.54) is 0 Å². The zero-order valence-electron chi connectivity index (χ0n) is 12.3. The summed E-state index contributed by atoms with van der Waals surface area (Å²) in [5.74, 6) is -0.246. The maximum Gasteiger partial charge on any atom is 0.314 e. The molecule has 0 unspecified atom stereocenters. The van der Waals surface area contributed by atoms with E-state index in [-0.39, 0.29) is 43.3 Å². The third-order valence-electron chi connectivity index (χ3n) is 3.13. The van der Waals surface area contributed by atoms with Crippen molar-refractivity contribution >= 4 is 31.5 Å². The number of hydrogen-bond donors (Lipinski definition) is 0. The Bertz CT molecular complexity index is 237. The van der Waals surface area contributed by atoms with E-state index in [9.17, 15) is 9.59 Å². The summed E-state index contributed by atoms with van der Waals surface area (Å²) in [5.41, 5.74) is 0.623. The van der Waals surface area contributed by atoms with Gasteiger partial charge < -0.3 is 8.85 Å². The van der Waals surface area contributed by atoms with Crippen molar-refractivity contribution in [3.8, 4) is 0 Å². The van der Waals surface area contributed by atoms with E-state index in [1.54, 1.807) is 0 Å². The van der Waals surface area contributed by atoms with Crippen molar-refractivity contribution in [1.29, 1.82) is 0 Å². The van der Waals surface area contributed by atoms with Gasteiger partial charge in [0.1, 0.15) is 0 Å². The van der Waals surface area contributed by atoms with Gasteiger partial charge in [0.15, 0.2) is 0 Å². The van der Waals surface area contributed by atoms with Gasteiger partial charge >= 0.3 is 19.5 Å². The van der Waals surface area contributed by atoms with Crippen molar-refractivity contribution in [3.63, 3.8) is 0 Å². The highest BCUT2D eigenvalue weighted by molar-refractivity contribution is 6.50. The minimum Gasteiger partial charge on any atom is -0.516 e. The Labute approximate surface area is 121 Å². The molecule has 0 aliphatic carbocycles. The molecule has 0 aliphatic heterocycles. The zero-order chi connectivity index (χ0) is 14.7. The average Bonchev–Trinajstić information content (AvgIpc) is 2.41. The molecule has 4 radical (unpaired) electrons. The van der Waals surface area contributed by atoms with Gasteiger partial charge in [-0.25, -0.2) is 0 Å². The smallest absolute Gasteiger partial charge is 0.314 e. The van der Waals surface area contributed by atoms with E-state index < -0.39 is 0 Å². The third kappa shape index (κ3) is 7.52. The van der Waals surface area contributed by atoms with Crippen molar-refractivity contribution < 1.29 is 18.4 Å². The van der Waals surface area contributed by atoms with Crippen molar-refractivity contribution in [2.75, 3.05) is 0 Å². The summed E-state index contributed by atoms with van der Waals surface area (Å²) in [5, 5.41) is 0. The summed E-state index contributed by atoms with van der Waals surface area (Å²) < 4.78 is 10.4. The molecule has 19 heavy (non-hydrogen) atoms. The first-order valence-corrected chi connectivity index (χ1v) is 9.20. The topological polar surface area (TPSA) is 52.6 Å². The first-order valence-electron chi connectivity index (χ1n) is 6.97. The Morgan fingerprint density at radius 1 is 0.789 bits per heavy atom. The number of hydrogen-bond acceptors (Lipinski definition) is 4. The minimum absolute atomic E-state index is 0.00273. The van der Waals surface area contributed by atoms with E-state index in [4.69, 9.17) is 8.85 Å². The monoisotopic (exact) mass is 300 g/mol. The molecule has 0 atom stereocenters. The number of carbonyl (C=O) groups is 2. The molecular weight excluding hydrogens is 276 g/mol. The third-order valence-corrected chi connectivity index (χ3v) is 4.97. The van der Waals surface area contributed by atoms with E-state index in [0.717, 1.165) is 25.7 Å². The molecule has 0 N–H and O–H groups in total. The molecule has 0 fully saturated rings. The summed E-state index contributed by atoms with van der Waals surface area (Å²) >= 11 is 0. The fourth-order valence-electron chi connectivity index (χ4n) is 1.65. The minimum atomic E-state index is -0.126. The molecule has 0 aromatic rings. The van der Waals surface area contributed by atoms with Gasteiger partial charge in [0.25, 0.3) is 11.9 Å². The molecule has 0 aliphatic rings. The highest BCUT2D eigenvalue weighted by atomic mass is 28.3. The van der Waals surface area contributed by atoms with Crippen LogP contribution >= 0.6 is 0 Å². The summed E-state index contributed by atoms with van der Waals surface area (Å²) in [7, 11) is 0.183. The van der Waals surface area contributed by atoms with Crippen LogP contribution in [0.2, 0.25) is 5.67 Å². The lowest BCUT2D eigenvalue weighted by atomic mass is 10.0. The van der Waals surface area contributed by atoms with E-state index in [2.05, 4.69) is 0 Å². The van der Waals surface area contributed by atoms with Gasteiger partial charge in [-0.3, -0.25) is 9.59 Å². The summed E-state index contributed by atoms with van der Waals surface area (Å²) in [6, 6.07) is 0. The normalized spacial score (nSPS) is 10.8. The van der Waals surface area contributed by atoms with E-state index in [1.807, 2.05) is 27.7 Å². The van der Waals surface area contributed by atoms with E-state index >= 15 is 0 Å². The second-order valence-electron chi connectivity index (χ2n) is 4.33. The predicted octanol–water partition coefficient (Wildman–Crippen LogP) is 2.56. The molecule has 6 heteroatoms. The van der Waals surface area contributed by atoms with Crippen molar-refractivity contribution in [2.24, 2.45) is 11.8 Å². The molecule has 0 saturated heterocycles. The lowest BCUT2D eigenvalue weighted by molar-refractivity contribution is -0.139. The number of rotatable bonds is 10. The summed E-state index contributed by atoms with van der Waals surface area (Å²) in [6.07, 6.45) is 3.25. The van der Waals surface area contributed by atoms with E-state index in [0.29, 0.717) is 5.67 Å². The van der Waals surface area contributed by atoms with Gasteiger partial charge in [-0.05, 0) is 25.7 Å². The molecular formula is C13H24O4Si2. The molecule has 0 heterocycles. The fraction of sp³-hybridized carbons (Fsp3) is 0.846. The van der Waals surface area contributed by atoms with Gasteiger partial charge in [0, 0.05) is 5.67 Å². The molecule has 0 aromatic heterocycles. The Morgan fingerprint density at radius 3 is 1.37 bits per heavy atom. The molecule has 0 saturated carbocycles. The Morgan fingerprint density at radius 2 is 1.11 bits per heavy atom. The summed E-state index contributed by atoms with van der Waals surface area (Å²) in [6.45, 7) is 7.94. The van der Waals surface area contributed by atoms with Gasteiger partial charge in [0.2, 0.25) is 0 Å². The van der Waals surface area contributed by atoms with Crippen molar-refractivity contribution in [1.82, 2.24) is 0 Å². The Balaban J connectivity index is 3.70. The maximum atomic E-state index is 11.6. The van der Waals surface area contributed by atoms with Gasteiger partial charge in [0.05, 0.1) is 11.8 Å². The predicted molar refractivity (Wildman–Crippen MR) is 76.6 cm³/mol. The van der Waals surface area contributed by atoms with Gasteiger partial charge in [-0.2, -0.15) is 0 Å². The summed E-state index contributed by atoms with van der Waals surface area (Å²) in [4.78, 5) is 23.2. The van der Waals surface area contributed by atoms with Crippen LogP contribution in [-0.2, 0) is 18.4 Å². The second-order valence-corrected chi connectivity index (χ2v) is 6.73. The average molecular weight is 301 g/mol. The van der Waals surface area contributed by atoms with Crippen LogP contribution in [0.1, 0.15) is 53.4 Å². The second kappa shape index (κ2) is 11.2. The largest absolute Gasteiger partial charge is 0.516 e. The standard InChI is InChI=1S/C13H24O4Si2/c1-5-10(6-2)12(14)16-18-9-19-17-13(15)11(7-3)8-4/h10-11H,5-9H2,1-4H3. The van der Waals surface area contributed by atoms with Crippen LogP contribution in [0.15, 0.2) is 0 Å². The maximum absolute atomic E-state index is 11.6. The van der Waals surface area contributed by atoms with Crippen LogP contribution in [0.4, 0.5) is 0 Å². The van der Waals surface area contributed by atoms with Crippen LogP contribution < -0.4 is 0 Å². The van der Waals surface area contributed by atoms with Gasteiger partial charge in [-0.15, -0.1) is 0 Å². The zero-order valence-corrected chi connectivity index (χ0v) is 14.3. The van der Waals surface area contributed by atoms with Crippen molar-refractivity contribution in [3.05, 3.63) is 0 Å². The molecule has 0 rings (SSSR count). The molecule has 0 bridgehead atoms. The highest BCUT2D eigenvalue weighted by Crippen LogP contribution is 2.10.